The zero-order chi connectivity index (χ0) is 18.9. The maximum atomic E-state index is 5.39. The van der Waals surface area contributed by atoms with Gasteiger partial charge in [0.25, 0.3) is 0 Å². The number of hydrogen-bond donors (Lipinski definition) is 1. The Balaban J connectivity index is 1.34. The van der Waals surface area contributed by atoms with Gasteiger partial charge in [-0.1, -0.05) is 0 Å². The van der Waals surface area contributed by atoms with Gasteiger partial charge in [-0.05, 0) is 43.0 Å². The second kappa shape index (κ2) is 7.36. The van der Waals surface area contributed by atoms with Crippen LogP contribution < -0.4 is 4.74 Å². The fourth-order valence-corrected chi connectivity index (χ4v) is 4.18. The molecule has 0 bridgehead atoms. The van der Waals surface area contributed by atoms with Crippen molar-refractivity contribution in [1.29, 1.82) is 0 Å². The maximum absolute atomic E-state index is 5.39. The highest BCUT2D eigenvalue weighted by molar-refractivity contribution is 5.97. The van der Waals surface area contributed by atoms with Crippen molar-refractivity contribution in [3.05, 3.63) is 53.2 Å². The van der Waals surface area contributed by atoms with E-state index in [1.54, 1.807) is 7.11 Å². The van der Waals surface area contributed by atoms with Gasteiger partial charge in [0.05, 0.1) is 18.5 Å². The molecule has 28 heavy (non-hydrogen) atoms. The lowest BCUT2D eigenvalue weighted by Gasteiger charge is -2.28. The molecule has 0 saturated carbocycles. The molecule has 2 aliphatic heterocycles. The van der Waals surface area contributed by atoms with E-state index in [2.05, 4.69) is 38.2 Å². The van der Waals surface area contributed by atoms with Gasteiger partial charge in [0, 0.05) is 61.5 Å². The summed E-state index contributed by atoms with van der Waals surface area (Å²) in [5, 5.41) is 1.23. The highest BCUT2D eigenvalue weighted by atomic mass is 16.5. The lowest BCUT2D eigenvalue weighted by Crippen LogP contribution is -2.31. The molecule has 0 unspecified atom stereocenters. The number of methoxy groups -OCH3 is 1. The molecule has 0 radical (unpaired) electrons. The van der Waals surface area contributed by atoms with Crippen LogP contribution in [0.4, 0.5) is 0 Å². The van der Waals surface area contributed by atoms with Gasteiger partial charge in [-0.15, -0.1) is 0 Å². The highest BCUT2D eigenvalue weighted by Crippen LogP contribution is 2.26. The normalized spacial score (nSPS) is 17.4. The topological polar surface area (TPSA) is 66.4 Å². The SMILES string of the molecule is COc1ccc2[nH]cc(CN3CCc4nc(C5=NCCCC5)ncc4C3)c2c1. The standard InChI is InChI=1S/C22H25N5O/c1-28-17-5-6-20-18(10-17)15(11-24-20)13-27-9-7-19-16(14-27)12-25-22(26-19)21-4-2-3-8-23-21/h5-6,10-12,24H,2-4,7-9,13-14H2,1H3. The number of rotatable bonds is 4. The summed E-state index contributed by atoms with van der Waals surface area (Å²) in [6.45, 7) is 3.71. The Kier molecular flexibility index (Phi) is 4.56. The Labute approximate surface area is 164 Å². The number of aromatic nitrogens is 3. The number of nitrogens with zero attached hydrogens (tertiary/aromatic N) is 4. The molecule has 0 saturated heterocycles. The zero-order valence-corrected chi connectivity index (χ0v) is 16.2. The molecule has 2 aliphatic rings. The van der Waals surface area contributed by atoms with Crippen LogP contribution in [0.3, 0.4) is 0 Å². The zero-order valence-electron chi connectivity index (χ0n) is 16.2. The van der Waals surface area contributed by atoms with Crippen molar-refractivity contribution in [3.8, 4) is 5.75 Å². The number of benzene rings is 1. The summed E-state index contributed by atoms with van der Waals surface area (Å²) in [5.74, 6) is 1.74. The molecule has 0 amide bonds. The van der Waals surface area contributed by atoms with Crippen LogP contribution in [0.25, 0.3) is 10.9 Å². The summed E-state index contributed by atoms with van der Waals surface area (Å²) >= 11 is 0. The first-order valence-corrected chi connectivity index (χ1v) is 10.0. The number of ether oxygens (including phenoxy) is 1. The van der Waals surface area contributed by atoms with Crippen LogP contribution >= 0.6 is 0 Å². The molecule has 144 valence electrons. The van der Waals surface area contributed by atoms with E-state index < -0.39 is 0 Å². The summed E-state index contributed by atoms with van der Waals surface area (Å²) in [6.07, 6.45) is 8.48. The third-order valence-electron chi connectivity index (χ3n) is 5.76. The van der Waals surface area contributed by atoms with Crippen LogP contribution in [0.1, 0.15) is 41.9 Å². The molecule has 5 rings (SSSR count). The Morgan fingerprint density at radius 1 is 1.21 bits per heavy atom. The summed E-state index contributed by atoms with van der Waals surface area (Å²) in [5.41, 5.74) is 5.96. The molecule has 0 aliphatic carbocycles. The van der Waals surface area contributed by atoms with Crippen molar-refractivity contribution in [2.75, 3.05) is 20.2 Å². The fourth-order valence-electron chi connectivity index (χ4n) is 4.18. The van der Waals surface area contributed by atoms with Gasteiger partial charge >= 0.3 is 0 Å². The van der Waals surface area contributed by atoms with E-state index in [4.69, 9.17) is 9.72 Å². The van der Waals surface area contributed by atoms with Gasteiger partial charge in [-0.3, -0.25) is 9.89 Å². The van der Waals surface area contributed by atoms with Gasteiger partial charge in [-0.2, -0.15) is 0 Å². The third kappa shape index (κ3) is 3.29. The lowest BCUT2D eigenvalue weighted by molar-refractivity contribution is 0.243. The van der Waals surface area contributed by atoms with Gasteiger partial charge in [-0.25, -0.2) is 9.97 Å². The largest absolute Gasteiger partial charge is 0.497 e. The van der Waals surface area contributed by atoms with Crippen LogP contribution in [0.5, 0.6) is 5.75 Å². The van der Waals surface area contributed by atoms with E-state index >= 15 is 0 Å². The third-order valence-corrected chi connectivity index (χ3v) is 5.76. The van der Waals surface area contributed by atoms with E-state index in [1.165, 1.54) is 35.0 Å². The molecule has 3 aromatic rings. The van der Waals surface area contributed by atoms with Crippen LogP contribution in [-0.4, -0.2) is 45.8 Å². The average Bonchev–Trinajstić information content (AvgIpc) is 3.16. The van der Waals surface area contributed by atoms with E-state index in [0.29, 0.717) is 0 Å². The van der Waals surface area contributed by atoms with E-state index in [9.17, 15) is 0 Å². The van der Waals surface area contributed by atoms with E-state index in [0.717, 1.165) is 61.8 Å². The molecular formula is C22H25N5O. The van der Waals surface area contributed by atoms with Crippen molar-refractivity contribution in [2.24, 2.45) is 4.99 Å². The van der Waals surface area contributed by atoms with Gasteiger partial charge in [0.2, 0.25) is 0 Å². The highest BCUT2D eigenvalue weighted by Gasteiger charge is 2.21. The number of nitrogens with one attached hydrogen (secondary N) is 1. The predicted molar refractivity (Wildman–Crippen MR) is 110 cm³/mol. The number of hydrogen-bond acceptors (Lipinski definition) is 5. The van der Waals surface area contributed by atoms with Crippen molar-refractivity contribution >= 4 is 16.6 Å². The van der Waals surface area contributed by atoms with E-state index in [-0.39, 0.29) is 0 Å². The minimum absolute atomic E-state index is 0.843. The summed E-state index contributed by atoms with van der Waals surface area (Å²) in [4.78, 5) is 19.9. The fraction of sp³-hybridized carbons (Fsp3) is 0.409. The van der Waals surface area contributed by atoms with Crippen molar-refractivity contribution < 1.29 is 4.74 Å². The average molecular weight is 375 g/mol. The van der Waals surface area contributed by atoms with Crippen LogP contribution in [0, 0.1) is 0 Å². The molecule has 1 aromatic carbocycles. The first kappa shape index (κ1) is 17.4. The second-order valence-corrected chi connectivity index (χ2v) is 7.64. The maximum Gasteiger partial charge on any atom is 0.173 e. The first-order valence-electron chi connectivity index (χ1n) is 10.0. The molecule has 0 atom stereocenters. The van der Waals surface area contributed by atoms with Crippen molar-refractivity contribution in [3.63, 3.8) is 0 Å². The molecule has 1 N–H and O–H groups in total. The lowest BCUT2D eigenvalue weighted by atomic mass is 10.0. The molecule has 6 nitrogen and oxygen atoms in total. The predicted octanol–water partition coefficient (Wildman–Crippen LogP) is 3.50. The smallest absolute Gasteiger partial charge is 0.173 e. The minimum Gasteiger partial charge on any atom is -0.497 e. The molecule has 6 heteroatoms. The van der Waals surface area contributed by atoms with Crippen LogP contribution in [-0.2, 0) is 19.5 Å². The monoisotopic (exact) mass is 375 g/mol. The molecule has 0 fully saturated rings. The Morgan fingerprint density at radius 3 is 3.04 bits per heavy atom. The van der Waals surface area contributed by atoms with Crippen molar-refractivity contribution in [2.45, 2.75) is 38.8 Å². The number of aromatic amines is 1. The quantitative estimate of drug-likeness (QED) is 0.758. The Bertz CT molecular complexity index is 1040. The van der Waals surface area contributed by atoms with Gasteiger partial charge < -0.3 is 9.72 Å². The Hall–Kier alpha value is -2.73. The van der Waals surface area contributed by atoms with Gasteiger partial charge in [0.15, 0.2) is 5.82 Å². The number of H-pyrrole nitrogens is 1. The minimum atomic E-state index is 0.843. The van der Waals surface area contributed by atoms with E-state index in [1.807, 2.05) is 12.3 Å². The summed E-state index contributed by atoms with van der Waals surface area (Å²) < 4.78 is 5.39. The van der Waals surface area contributed by atoms with Crippen molar-refractivity contribution in [1.82, 2.24) is 19.9 Å². The molecule has 2 aromatic heterocycles. The number of aliphatic imine (C=N–C) groups is 1. The molecule has 0 spiro atoms. The van der Waals surface area contributed by atoms with Crippen LogP contribution in [0.2, 0.25) is 0 Å². The first-order chi connectivity index (χ1) is 13.8. The molecular weight excluding hydrogens is 350 g/mol. The second-order valence-electron chi connectivity index (χ2n) is 7.64. The van der Waals surface area contributed by atoms with Gasteiger partial charge in [0.1, 0.15) is 5.75 Å². The molecule has 4 heterocycles. The van der Waals surface area contributed by atoms with Crippen LogP contribution in [0.15, 0.2) is 35.6 Å². The summed E-state index contributed by atoms with van der Waals surface area (Å²) in [6, 6.07) is 6.18. The Morgan fingerprint density at radius 2 is 2.18 bits per heavy atom. The number of fused-ring (bicyclic) bond motifs is 2. The summed E-state index contributed by atoms with van der Waals surface area (Å²) in [7, 11) is 1.71.